The van der Waals surface area contributed by atoms with Gasteiger partial charge in [-0.05, 0) is 35.6 Å². The van der Waals surface area contributed by atoms with E-state index in [0.717, 1.165) is 43.7 Å². The standard InChI is InChI=1S/C20H26N2OS.ClH/c21-18-9-4-7-16(13-18)20(23)22-11-12-24-14-17-8-3-6-15-5-1-2-10-19(15)17;/h1-3,5-6,8,10,16,18H,4,7,9,11-14,21H2,(H,22,23);1H. The van der Waals surface area contributed by atoms with Crippen molar-refractivity contribution in [3.8, 4) is 0 Å². The molecule has 0 bridgehead atoms. The molecule has 1 amide bonds. The van der Waals surface area contributed by atoms with Crippen molar-refractivity contribution in [2.24, 2.45) is 11.7 Å². The van der Waals surface area contributed by atoms with E-state index < -0.39 is 0 Å². The highest BCUT2D eigenvalue weighted by Crippen LogP contribution is 2.24. The molecule has 5 heteroatoms. The van der Waals surface area contributed by atoms with Gasteiger partial charge in [-0.1, -0.05) is 48.9 Å². The topological polar surface area (TPSA) is 55.1 Å². The zero-order chi connectivity index (χ0) is 16.8. The van der Waals surface area contributed by atoms with Crippen LogP contribution in [-0.4, -0.2) is 24.2 Å². The second kappa shape index (κ2) is 10.0. The van der Waals surface area contributed by atoms with E-state index in [-0.39, 0.29) is 30.3 Å². The van der Waals surface area contributed by atoms with E-state index in [1.165, 1.54) is 16.3 Å². The number of hydrogen-bond acceptors (Lipinski definition) is 3. The highest BCUT2D eigenvalue weighted by atomic mass is 35.5. The molecule has 0 aromatic heterocycles. The lowest BCUT2D eigenvalue weighted by molar-refractivity contribution is -0.125. The van der Waals surface area contributed by atoms with Gasteiger partial charge in [-0.2, -0.15) is 11.8 Å². The van der Waals surface area contributed by atoms with Gasteiger partial charge >= 0.3 is 0 Å². The predicted octanol–water partition coefficient (Wildman–Crippen LogP) is 4.13. The first kappa shape index (κ1) is 20.1. The van der Waals surface area contributed by atoms with E-state index in [0.29, 0.717) is 0 Å². The molecule has 1 saturated carbocycles. The zero-order valence-corrected chi connectivity index (χ0v) is 16.1. The fraction of sp³-hybridized carbons (Fsp3) is 0.450. The molecule has 3 nitrogen and oxygen atoms in total. The molecule has 0 radical (unpaired) electrons. The quantitative estimate of drug-likeness (QED) is 0.743. The molecule has 2 aromatic carbocycles. The average Bonchev–Trinajstić information content (AvgIpc) is 2.61. The first-order valence-corrected chi connectivity index (χ1v) is 9.97. The van der Waals surface area contributed by atoms with Crippen molar-refractivity contribution in [1.29, 1.82) is 0 Å². The van der Waals surface area contributed by atoms with E-state index in [1.807, 2.05) is 11.8 Å². The Bertz CT molecular complexity index is 689. The molecule has 0 aliphatic heterocycles. The van der Waals surface area contributed by atoms with Gasteiger partial charge in [0, 0.05) is 30.0 Å². The lowest BCUT2D eigenvalue weighted by Crippen LogP contribution is -2.38. The van der Waals surface area contributed by atoms with Crippen molar-refractivity contribution in [3.05, 3.63) is 48.0 Å². The molecule has 3 rings (SSSR count). The Morgan fingerprint density at radius 1 is 1.16 bits per heavy atom. The second-order valence-corrected chi connectivity index (χ2v) is 7.71. The van der Waals surface area contributed by atoms with Crippen LogP contribution in [0.25, 0.3) is 10.8 Å². The summed E-state index contributed by atoms with van der Waals surface area (Å²) in [6.07, 6.45) is 3.97. The maximum atomic E-state index is 12.2. The van der Waals surface area contributed by atoms with Gasteiger partial charge in [0.2, 0.25) is 5.91 Å². The van der Waals surface area contributed by atoms with E-state index in [1.54, 1.807) is 0 Å². The number of hydrogen-bond donors (Lipinski definition) is 2. The van der Waals surface area contributed by atoms with Crippen LogP contribution < -0.4 is 11.1 Å². The lowest BCUT2D eigenvalue weighted by atomic mass is 9.85. The van der Waals surface area contributed by atoms with Crippen LogP contribution >= 0.6 is 24.2 Å². The largest absolute Gasteiger partial charge is 0.355 e. The van der Waals surface area contributed by atoms with E-state index in [2.05, 4.69) is 47.8 Å². The summed E-state index contributed by atoms with van der Waals surface area (Å²) in [5, 5.41) is 5.70. The molecule has 2 aromatic rings. The summed E-state index contributed by atoms with van der Waals surface area (Å²) in [5.74, 6) is 2.23. The van der Waals surface area contributed by atoms with Crippen molar-refractivity contribution in [3.63, 3.8) is 0 Å². The number of carbonyl (C=O) groups is 1. The Balaban J connectivity index is 0.00000225. The minimum atomic E-state index is 0. The number of amides is 1. The summed E-state index contributed by atoms with van der Waals surface area (Å²) in [5.41, 5.74) is 7.33. The molecular formula is C20H27ClN2OS. The Kier molecular flexibility index (Phi) is 8.07. The first-order chi connectivity index (χ1) is 11.7. The van der Waals surface area contributed by atoms with Gasteiger partial charge in [0.1, 0.15) is 0 Å². The maximum absolute atomic E-state index is 12.2. The summed E-state index contributed by atoms with van der Waals surface area (Å²) in [6.45, 7) is 0.736. The van der Waals surface area contributed by atoms with Gasteiger partial charge in [-0.25, -0.2) is 0 Å². The molecule has 2 atom stereocenters. The number of benzene rings is 2. The summed E-state index contributed by atoms with van der Waals surface area (Å²) < 4.78 is 0. The SMILES string of the molecule is Cl.NC1CCCC(C(=O)NCCSCc2cccc3ccccc23)C1. The second-order valence-electron chi connectivity index (χ2n) is 6.61. The van der Waals surface area contributed by atoms with Crippen molar-refractivity contribution in [2.45, 2.75) is 37.5 Å². The Morgan fingerprint density at radius 3 is 2.80 bits per heavy atom. The molecule has 1 aliphatic rings. The van der Waals surface area contributed by atoms with Crippen LogP contribution in [0.5, 0.6) is 0 Å². The summed E-state index contributed by atoms with van der Waals surface area (Å²) in [6, 6.07) is 15.2. The van der Waals surface area contributed by atoms with Crippen LogP contribution in [0.4, 0.5) is 0 Å². The molecule has 3 N–H and O–H groups in total. The van der Waals surface area contributed by atoms with Gasteiger partial charge in [0.05, 0.1) is 0 Å². The average molecular weight is 379 g/mol. The van der Waals surface area contributed by atoms with E-state index in [4.69, 9.17) is 5.73 Å². The molecule has 0 spiro atoms. The number of nitrogens with one attached hydrogen (secondary N) is 1. The lowest BCUT2D eigenvalue weighted by Gasteiger charge is -2.25. The van der Waals surface area contributed by atoms with Gasteiger partial charge in [-0.15, -0.1) is 12.4 Å². The highest BCUT2D eigenvalue weighted by Gasteiger charge is 2.24. The van der Waals surface area contributed by atoms with Crippen LogP contribution in [0, 0.1) is 5.92 Å². The van der Waals surface area contributed by atoms with Gasteiger partial charge < -0.3 is 11.1 Å². The first-order valence-electron chi connectivity index (χ1n) is 8.81. The molecule has 1 fully saturated rings. The normalized spacial score (nSPS) is 20.0. The number of carbonyl (C=O) groups excluding carboxylic acids is 1. The van der Waals surface area contributed by atoms with Gasteiger partial charge in [0.25, 0.3) is 0 Å². The van der Waals surface area contributed by atoms with Gasteiger partial charge in [-0.3, -0.25) is 4.79 Å². The van der Waals surface area contributed by atoms with Crippen LogP contribution in [0.1, 0.15) is 31.2 Å². The number of rotatable bonds is 6. The minimum Gasteiger partial charge on any atom is -0.355 e. The predicted molar refractivity (Wildman–Crippen MR) is 110 cm³/mol. The van der Waals surface area contributed by atoms with Crippen molar-refractivity contribution in [2.75, 3.05) is 12.3 Å². The number of nitrogens with two attached hydrogens (primary N) is 1. The summed E-state index contributed by atoms with van der Waals surface area (Å²) >= 11 is 1.87. The molecule has 2 unspecified atom stereocenters. The monoisotopic (exact) mass is 378 g/mol. The molecular weight excluding hydrogens is 352 g/mol. The third-order valence-corrected chi connectivity index (χ3v) is 5.78. The molecule has 25 heavy (non-hydrogen) atoms. The molecule has 136 valence electrons. The molecule has 0 saturated heterocycles. The third kappa shape index (κ3) is 5.63. The molecule has 0 heterocycles. The number of halogens is 1. The Labute approximate surface area is 160 Å². The smallest absolute Gasteiger partial charge is 0.223 e. The fourth-order valence-electron chi connectivity index (χ4n) is 3.46. The van der Waals surface area contributed by atoms with Crippen LogP contribution in [0.3, 0.4) is 0 Å². The third-order valence-electron chi connectivity index (χ3n) is 4.77. The Hall–Kier alpha value is -1.23. The van der Waals surface area contributed by atoms with Crippen LogP contribution in [0.15, 0.2) is 42.5 Å². The van der Waals surface area contributed by atoms with E-state index >= 15 is 0 Å². The van der Waals surface area contributed by atoms with Gasteiger partial charge in [0.15, 0.2) is 0 Å². The summed E-state index contributed by atoms with van der Waals surface area (Å²) in [4.78, 5) is 12.2. The van der Waals surface area contributed by atoms with Crippen molar-refractivity contribution in [1.82, 2.24) is 5.32 Å². The van der Waals surface area contributed by atoms with Crippen molar-refractivity contribution < 1.29 is 4.79 Å². The fourth-order valence-corrected chi connectivity index (χ4v) is 4.32. The van der Waals surface area contributed by atoms with Crippen LogP contribution in [-0.2, 0) is 10.5 Å². The highest BCUT2D eigenvalue weighted by molar-refractivity contribution is 7.98. The zero-order valence-electron chi connectivity index (χ0n) is 14.4. The van der Waals surface area contributed by atoms with Crippen LogP contribution in [0.2, 0.25) is 0 Å². The van der Waals surface area contributed by atoms with Crippen molar-refractivity contribution >= 4 is 40.8 Å². The minimum absolute atomic E-state index is 0. The summed E-state index contributed by atoms with van der Waals surface area (Å²) in [7, 11) is 0. The van der Waals surface area contributed by atoms with E-state index in [9.17, 15) is 4.79 Å². The molecule has 1 aliphatic carbocycles. The Morgan fingerprint density at radius 2 is 1.96 bits per heavy atom. The number of thioether (sulfide) groups is 1. The number of fused-ring (bicyclic) bond motifs is 1. The maximum Gasteiger partial charge on any atom is 0.223 e.